The summed E-state index contributed by atoms with van der Waals surface area (Å²) in [7, 11) is 0. The third-order valence-electron chi connectivity index (χ3n) is 2.78. The highest BCUT2D eigenvalue weighted by Crippen LogP contribution is 2.21. The highest BCUT2D eigenvalue weighted by atomic mass is 16.6. The molecule has 1 N–H and O–H groups in total. The van der Waals surface area contributed by atoms with E-state index in [2.05, 4.69) is 10.3 Å². The number of nitro groups is 1. The van der Waals surface area contributed by atoms with E-state index in [0.29, 0.717) is 18.0 Å². The van der Waals surface area contributed by atoms with Crippen molar-refractivity contribution in [3.05, 3.63) is 27.9 Å². The number of pyridine rings is 1. The predicted molar refractivity (Wildman–Crippen MR) is 63.1 cm³/mol. The van der Waals surface area contributed by atoms with Gasteiger partial charge in [0, 0.05) is 18.4 Å². The van der Waals surface area contributed by atoms with Crippen molar-refractivity contribution in [2.75, 3.05) is 18.5 Å². The number of nitrogens with one attached hydrogen (secondary N) is 1. The van der Waals surface area contributed by atoms with Gasteiger partial charge in [-0.2, -0.15) is 0 Å². The smallest absolute Gasteiger partial charge is 0.277 e. The van der Waals surface area contributed by atoms with Gasteiger partial charge in [0.1, 0.15) is 5.82 Å². The number of rotatable bonds is 3. The van der Waals surface area contributed by atoms with Crippen LogP contribution in [-0.2, 0) is 4.74 Å². The molecule has 0 saturated carbocycles. The van der Waals surface area contributed by atoms with Crippen molar-refractivity contribution in [2.45, 2.75) is 25.8 Å². The monoisotopic (exact) mass is 237 g/mol. The first-order chi connectivity index (χ1) is 8.16. The Bertz CT molecular complexity index is 416. The average Bonchev–Trinajstić information content (AvgIpc) is 2.32. The molecule has 0 aromatic carbocycles. The van der Waals surface area contributed by atoms with Gasteiger partial charge >= 0.3 is 0 Å². The van der Waals surface area contributed by atoms with Gasteiger partial charge in [-0.1, -0.05) is 0 Å². The number of aromatic nitrogens is 1. The van der Waals surface area contributed by atoms with Crippen molar-refractivity contribution in [2.24, 2.45) is 0 Å². The number of anilines is 1. The number of ether oxygens (including phenoxy) is 1. The highest BCUT2D eigenvalue weighted by Gasteiger charge is 2.17. The second-order valence-electron chi connectivity index (χ2n) is 4.17. The van der Waals surface area contributed by atoms with Gasteiger partial charge in [-0.25, -0.2) is 4.98 Å². The van der Waals surface area contributed by atoms with Gasteiger partial charge in [-0.05, 0) is 19.8 Å². The summed E-state index contributed by atoms with van der Waals surface area (Å²) in [6.07, 6.45) is 3.53. The van der Waals surface area contributed by atoms with Crippen LogP contribution in [0.3, 0.4) is 0 Å². The van der Waals surface area contributed by atoms with Gasteiger partial charge < -0.3 is 10.1 Å². The average molecular weight is 237 g/mol. The zero-order chi connectivity index (χ0) is 12.3. The number of nitrogens with zero attached hydrogens (tertiary/aromatic N) is 2. The van der Waals surface area contributed by atoms with Crippen LogP contribution in [-0.4, -0.2) is 29.2 Å². The molecule has 1 saturated heterocycles. The Balaban J connectivity index is 2.10. The maximum absolute atomic E-state index is 10.8. The minimum absolute atomic E-state index is 0.0965. The Kier molecular flexibility index (Phi) is 3.53. The van der Waals surface area contributed by atoms with Gasteiger partial charge in [0.2, 0.25) is 0 Å². The SMILES string of the molecule is Cc1cnc(NC2CCCOC2)cc1[N+](=O)[O-]. The molecule has 1 unspecified atom stereocenters. The lowest BCUT2D eigenvalue weighted by molar-refractivity contribution is -0.385. The fraction of sp³-hybridized carbons (Fsp3) is 0.545. The van der Waals surface area contributed by atoms with E-state index in [0.717, 1.165) is 19.4 Å². The molecule has 1 atom stereocenters. The topological polar surface area (TPSA) is 77.3 Å². The first-order valence-corrected chi connectivity index (χ1v) is 5.62. The van der Waals surface area contributed by atoms with Crippen LogP contribution in [0.2, 0.25) is 0 Å². The van der Waals surface area contributed by atoms with E-state index >= 15 is 0 Å². The zero-order valence-corrected chi connectivity index (χ0v) is 9.68. The second kappa shape index (κ2) is 5.09. The van der Waals surface area contributed by atoms with E-state index < -0.39 is 0 Å². The van der Waals surface area contributed by atoms with Gasteiger partial charge in [0.25, 0.3) is 5.69 Å². The lowest BCUT2D eigenvalue weighted by Crippen LogP contribution is -2.30. The Morgan fingerprint density at radius 2 is 2.47 bits per heavy atom. The Hall–Kier alpha value is -1.69. The van der Waals surface area contributed by atoms with Crippen molar-refractivity contribution >= 4 is 11.5 Å². The first-order valence-electron chi connectivity index (χ1n) is 5.62. The van der Waals surface area contributed by atoms with Crippen LogP contribution < -0.4 is 5.32 Å². The number of aryl methyl sites for hydroxylation is 1. The van der Waals surface area contributed by atoms with Crippen molar-refractivity contribution in [1.82, 2.24) is 4.98 Å². The normalized spacial score (nSPS) is 19.9. The van der Waals surface area contributed by atoms with E-state index in [4.69, 9.17) is 4.74 Å². The molecule has 0 spiro atoms. The van der Waals surface area contributed by atoms with E-state index in [9.17, 15) is 10.1 Å². The molecule has 1 aliphatic heterocycles. The summed E-state index contributed by atoms with van der Waals surface area (Å²) in [5.41, 5.74) is 0.666. The molecule has 1 aliphatic rings. The number of hydrogen-bond acceptors (Lipinski definition) is 5. The molecule has 0 radical (unpaired) electrons. The minimum Gasteiger partial charge on any atom is -0.379 e. The van der Waals surface area contributed by atoms with Crippen molar-refractivity contribution < 1.29 is 9.66 Å². The number of hydrogen-bond donors (Lipinski definition) is 1. The van der Waals surface area contributed by atoms with E-state index in [-0.39, 0.29) is 16.7 Å². The van der Waals surface area contributed by atoms with Crippen LogP contribution >= 0.6 is 0 Å². The van der Waals surface area contributed by atoms with Crippen LogP contribution in [0.4, 0.5) is 11.5 Å². The molecule has 1 aromatic heterocycles. The fourth-order valence-electron chi connectivity index (χ4n) is 1.85. The van der Waals surface area contributed by atoms with Gasteiger partial charge in [-0.3, -0.25) is 10.1 Å². The summed E-state index contributed by atoms with van der Waals surface area (Å²) in [6, 6.07) is 1.67. The maximum atomic E-state index is 10.8. The molecule has 2 heterocycles. The summed E-state index contributed by atoms with van der Waals surface area (Å²) < 4.78 is 5.33. The lowest BCUT2D eigenvalue weighted by Gasteiger charge is -2.23. The largest absolute Gasteiger partial charge is 0.379 e. The third kappa shape index (κ3) is 2.91. The maximum Gasteiger partial charge on any atom is 0.277 e. The molecule has 0 bridgehead atoms. The molecule has 17 heavy (non-hydrogen) atoms. The molecule has 6 nitrogen and oxygen atoms in total. The van der Waals surface area contributed by atoms with E-state index in [1.165, 1.54) is 12.3 Å². The minimum atomic E-state index is -0.389. The Morgan fingerprint density at radius 3 is 3.12 bits per heavy atom. The lowest BCUT2D eigenvalue weighted by atomic mass is 10.1. The third-order valence-corrected chi connectivity index (χ3v) is 2.78. The summed E-state index contributed by atoms with van der Waals surface area (Å²) >= 11 is 0. The van der Waals surface area contributed by atoms with E-state index in [1.54, 1.807) is 6.92 Å². The van der Waals surface area contributed by atoms with Crippen LogP contribution in [0.15, 0.2) is 12.3 Å². The van der Waals surface area contributed by atoms with Crippen LogP contribution in [0.25, 0.3) is 0 Å². The molecular weight excluding hydrogens is 222 g/mol. The van der Waals surface area contributed by atoms with Crippen molar-refractivity contribution in [1.29, 1.82) is 0 Å². The standard InChI is InChI=1S/C11H15N3O3/c1-8-6-12-11(5-10(8)14(15)16)13-9-3-2-4-17-7-9/h5-6,9H,2-4,7H2,1H3,(H,12,13). The van der Waals surface area contributed by atoms with Crippen LogP contribution in [0, 0.1) is 17.0 Å². The fourth-order valence-corrected chi connectivity index (χ4v) is 1.85. The second-order valence-corrected chi connectivity index (χ2v) is 4.17. The summed E-state index contributed by atoms with van der Waals surface area (Å²) in [5, 5.41) is 14.0. The molecular formula is C11H15N3O3. The molecule has 1 fully saturated rings. The van der Waals surface area contributed by atoms with Crippen molar-refractivity contribution in [3.63, 3.8) is 0 Å². The quantitative estimate of drug-likeness (QED) is 0.641. The highest BCUT2D eigenvalue weighted by molar-refractivity contribution is 5.49. The molecule has 0 amide bonds. The Morgan fingerprint density at radius 1 is 1.65 bits per heavy atom. The Labute approximate surface area is 99.2 Å². The molecule has 92 valence electrons. The summed E-state index contributed by atoms with van der Waals surface area (Å²) in [6.45, 7) is 3.10. The van der Waals surface area contributed by atoms with E-state index in [1.807, 2.05) is 0 Å². The van der Waals surface area contributed by atoms with Gasteiger partial charge in [0.05, 0.1) is 23.6 Å². The molecule has 2 rings (SSSR count). The molecule has 0 aliphatic carbocycles. The molecule has 6 heteroatoms. The van der Waals surface area contributed by atoms with Crippen LogP contribution in [0.5, 0.6) is 0 Å². The summed E-state index contributed by atoms with van der Waals surface area (Å²) in [5.74, 6) is 0.540. The zero-order valence-electron chi connectivity index (χ0n) is 9.68. The van der Waals surface area contributed by atoms with Crippen molar-refractivity contribution in [3.8, 4) is 0 Å². The van der Waals surface area contributed by atoms with Crippen LogP contribution in [0.1, 0.15) is 18.4 Å². The van der Waals surface area contributed by atoms with Gasteiger partial charge in [0.15, 0.2) is 0 Å². The van der Waals surface area contributed by atoms with Gasteiger partial charge in [-0.15, -0.1) is 0 Å². The first kappa shape index (κ1) is 11.8. The summed E-state index contributed by atoms with van der Waals surface area (Å²) in [4.78, 5) is 14.5. The molecule has 1 aromatic rings. The predicted octanol–water partition coefficient (Wildman–Crippen LogP) is 1.89.